The van der Waals surface area contributed by atoms with Crippen LogP contribution in [-0.4, -0.2) is 40.9 Å². The van der Waals surface area contributed by atoms with Crippen molar-refractivity contribution in [3.63, 3.8) is 0 Å². The van der Waals surface area contributed by atoms with Crippen molar-refractivity contribution in [1.82, 2.24) is 25.4 Å². The zero-order chi connectivity index (χ0) is 23.0. The van der Waals surface area contributed by atoms with E-state index >= 15 is 0 Å². The first-order valence-corrected chi connectivity index (χ1v) is 11.0. The van der Waals surface area contributed by atoms with Crippen molar-refractivity contribution in [2.24, 2.45) is 4.99 Å². The molecule has 34 heavy (non-hydrogen) atoms. The molecule has 4 rings (SSSR count). The minimum absolute atomic E-state index is 0. The number of hydrogen-bond donors (Lipinski definition) is 4. The van der Waals surface area contributed by atoms with Crippen LogP contribution in [0.25, 0.3) is 16.6 Å². The molecule has 0 radical (unpaired) electrons. The number of H-pyrrole nitrogens is 1. The van der Waals surface area contributed by atoms with E-state index < -0.39 is 0 Å². The lowest BCUT2D eigenvalue weighted by atomic mass is 10.1. The maximum atomic E-state index is 9.55. The topological polar surface area (TPSA) is 120 Å². The van der Waals surface area contributed by atoms with Crippen LogP contribution in [0.3, 0.4) is 0 Å². The van der Waals surface area contributed by atoms with Gasteiger partial charge in [0.15, 0.2) is 5.96 Å². The Morgan fingerprint density at radius 3 is 2.59 bits per heavy atom. The molecule has 0 fully saturated rings. The van der Waals surface area contributed by atoms with Crippen LogP contribution in [0.1, 0.15) is 23.2 Å². The van der Waals surface area contributed by atoms with Crippen molar-refractivity contribution in [3.8, 4) is 11.8 Å². The molecule has 0 bridgehead atoms. The highest BCUT2D eigenvalue weighted by atomic mass is 127. The Morgan fingerprint density at radius 1 is 1.09 bits per heavy atom. The van der Waals surface area contributed by atoms with Crippen LogP contribution >= 0.6 is 24.0 Å². The van der Waals surface area contributed by atoms with Crippen LogP contribution in [0.4, 0.5) is 5.82 Å². The number of rotatable bonds is 8. The van der Waals surface area contributed by atoms with Crippen molar-refractivity contribution in [2.75, 3.05) is 25.9 Å². The number of halogens is 1. The number of fused-ring (bicyclic) bond motifs is 1. The fraction of sp³-hybridized carbons (Fsp3) is 0.240. The molecule has 0 atom stereocenters. The van der Waals surface area contributed by atoms with E-state index in [0.29, 0.717) is 30.0 Å². The van der Waals surface area contributed by atoms with E-state index in [1.54, 1.807) is 11.7 Å². The van der Waals surface area contributed by atoms with E-state index in [-0.39, 0.29) is 24.0 Å². The molecule has 0 aliphatic carbocycles. The molecule has 9 heteroatoms. The van der Waals surface area contributed by atoms with Crippen LogP contribution in [0.2, 0.25) is 0 Å². The maximum Gasteiger partial charge on any atom is 0.190 e. The SMILES string of the molecule is CN=C(NCCCc1nn(-c2ccccc2)c(N)c1C#N)NCCc1c[nH]c2ccccc12.I. The monoisotopic (exact) mass is 568 g/mol. The molecule has 0 aliphatic rings. The predicted octanol–water partition coefficient (Wildman–Crippen LogP) is 3.77. The van der Waals surface area contributed by atoms with Gasteiger partial charge >= 0.3 is 0 Å². The number of aryl methyl sites for hydroxylation is 1. The number of nitrogens with two attached hydrogens (primary N) is 1. The third-order valence-electron chi connectivity index (χ3n) is 5.57. The second-order valence-corrected chi connectivity index (χ2v) is 7.70. The Hall–Kier alpha value is -3.52. The molecule has 0 spiro atoms. The molecule has 0 aliphatic heterocycles. The molecule has 0 unspecified atom stereocenters. The van der Waals surface area contributed by atoms with Crippen molar-refractivity contribution in [3.05, 3.63) is 77.6 Å². The van der Waals surface area contributed by atoms with Crippen molar-refractivity contribution >= 4 is 46.7 Å². The van der Waals surface area contributed by atoms with E-state index in [4.69, 9.17) is 5.73 Å². The second-order valence-electron chi connectivity index (χ2n) is 7.70. The van der Waals surface area contributed by atoms with E-state index in [0.717, 1.165) is 36.6 Å². The summed E-state index contributed by atoms with van der Waals surface area (Å²) in [5.41, 5.74) is 10.6. The number of nitrogens with one attached hydrogen (secondary N) is 3. The normalized spacial score (nSPS) is 11.1. The molecule has 5 N–H and O–H groups in total. The van der Waals surface area contributed by atoms with Gasteiger partial charge in [-0.2, -0.15) is 10.4 Å². The highest BCUT2D eigenvalue weighted by molar-refractivity contribution is 14.0. The van der Waals surface area contributed by atoms with Crippen molar-refractivity contribution in [2.45, 2.75) is 19.3 Å². The largest absolute Gasteiger partial charge is 0.382 e. The molecule has 0 saturated heterocycles. The van der Waals surface area contributed by atoms with E-state index in [9.17, 15) is 5.26 Å². The van der Waals surface area contributed by atoms with Gasteiger partial charge in [0, 0.05) is 37.2 Å². The lowest BCUT2D eigenvalue weighted by Gasteiger charge is -2.11. The van der Waals surface area contributed by atoms with Gasteiger partial charge < -0.3 is 21.4 Å². The Kier molecular flexibility index (Phi) is 8.93. The Bertz CT molecular complexity index is 1280. The number of nitrogens with zero attached hydrogens (tertiary/aromatic N) is 4. The number of hydrogen-bond acceptors (Lipinski definition) is 4. The van der Waals surface area contributed by atoms with Gasteiger partial charge in [0.05, 0.1) is 11.4 Å². The van der Waals surface area contributed by atoms with Gasteiger partial charge in [0.25, 0.3) is 0 Å². The fourth-order valence-corrected chi connectivity index (χ4v) is 3.88. The molecule has 2 aromatic carbocycles. The first kappa shape index (κ1) is 25.1. The van der Waals surface area contributed by atoms with Crippen LogP contribution in [0.5, 0.6) is 0 Å². The molecular formula is C25H29IN8. The van der Waals surface area contributed by atoms with Gasteiger partial charge in [-0.1, -0.05) is 36.4 Å². The maximum absolute atomic E-state index is 9.55. The first-order chi connectivity index (χ1) is 16.2. The van der Waals surface area contributed by atoms with Crippen molar-refractivity contribution < 1.29 is 0 Å². The second kappa shape index (κ2) is 12.1. The number of aromatic nitrogens is 3. The Balaban J connectivity index is 0.00000324. The minimum Gasteiger partial charge on any atom is -0.382 e. The minimum atomic E-state index is 0. The van der Waals surface area contributed by atoms with Gasteiger partial charge in [0.1, 0.15) is 17.5 Å². The lowest BCUT2D eigenvalue weighted by molar-refractivity contribution is 0.720. The predicted molar refractivity (Wildman–Crippen MR) is 148 cm³/mol. The molecule has 2 heterocycles. The number of aromatic amines is 1. The summed E-state index contributed by atoms with van der Waals surface area (Å²) in [6, 6.07) is 20.1. The zero-order valence-electron chi connectivity index (χ0n) is 19.1. The molecule has 4 aromatic rings. The number of aliphatic imine (C=N–C) groups is 1. The van der Waals surface area contributed by atoms with Crippen LogP contribution in [0, 0.1) is 11.3 Å². The highest BCUT2D eigenvalue weighted by Crippen LogP contribution is 2.21. The summed E-state index contributed by atoms with van der Waals surface area (Å²) in [7, 11) is 1.76. The summed E-state index contributed by atoms with van der Waals surface area (Å²) >= 11 is 0. The molecule has 8 nitrogen and oxygen atoms in total. The molecule has 0 amide bonds. The van der Waals surface area contributed by atoms with Gasteiger partial charge in [-0.3, -0.25) is 4.99 Å². The third-order valence-corrected chi connectivity index (χ3v) is 5.57. The number of nitriles is 1. The number of para-hydroxylation sites is 2. The number of nitrogen functional groups attached to an aromatic ring is 1. The molecule has 2 aromatic heterocycles. The number of guanidine groups is 1. The van der Waals surface area contributed by atoms with Crippen LogP contribution in [0.15, 0.2) is 65.8 Å². The smallest absolute Gasteiger partial charge is 0.190 e. The van der Waals surface area contributed by atoms with Crippen molar-refractivity contribution in [1.29, 1.82) is 5.26 Å². The summed E-state index contributed by atoms with van der Waals surface area (Å²) in [5, 5.41) is 22.1. The molecule has 0 saturated carbocycles. The summed E-state index contributed by atoms with van der Waals surface area (Å²) < 4.78 is 1.63. The lowest BCUT2D eigenvalue weighted by Crippen LogP contribution is -2.38. The first-order valence-electron chi connectivity index (χ1n) is 11.0. The average Bonchev–Trinajstić information content (AvgIpc) is 3.41. The van der Waals surface area contributed by atoms with E-state index in [2.05, 4.69) is 56.2 Å². The number of benzene rings is 2. The Morgan fingerprint density at radius 2 is 1.82 bits per heavy atom. The molecule has 176 valence electrons. The zero-order valence-corrected chi connectivity index (χ0v) is 21.4. The van der Waals surface area contributed by atoms with E-state index in [1.807, 2.05) is 36.4 Å². The average molecular weight is 568 g/mol. The summed E-state index contributed by atoms with van der Waals surface area (Å²) in [5.74, 6) is 1.13. The third kappa shape index (κ3) is 5.69. The standard InChI is InChI=1S/C25H28N8.HI/c1-28-25(30-15-13-18-17-31-22-11-6-5-10-20(18)22)29-14-7-12-23-21(16-26)24(27)33(32-23)19-8-3-2-4-9-19;/h2-6,8-11,17,31H,7,12-15,27H2,1H3,(H2,28,29,30);1H. The number of anilines is 1. The summed E-state index contributed by atoms with van der Waals surface area (Å²) in [6.45, 7) is 1.48. The Labute approximate surface area is 216 Å². The van der Waals surface area contributed by atoms with Gasteiger partial charge in [-0.25, -0.2) is 4.68 Å². The van der Waals surface area contributed by atoms with Gasteiger partial charge in [0.2, 0.25) is 0 Å². The van der Waals surface area contributed by atoms with Gasteiger partial charge in [-0.05, 0) is 43.0 Å². The van der Waals surface area contributed by atoms with E-state index in [1.165, 1.54) is 10.9 Å². The molecular weight excluding hydrogens is 539 g/mol. The van der Waals surface area contributed by atoms with Gasteiger partial charge in [-0.15, -0.1) is 24.0 Å². The summed E-state index contributed by atoms with van der Waals surface area (Å²) in [4.78, 5) is 7.61. The fourth-order valence-electron chi connectivity index (χ4n) is 3.88. The highest BCUT2D eigenvalue weighted by Gasteiger charge is 2.16. The van der Waals surface area contributed by atoms with Crippen LogP contribution in [-0.2, 0) is 12.8 Å². The quantitative estimate of drug-likeness (QED) is 0.112. The summed E-state index contributed by atoms with van der Waals surface area (Å²) in [6.07, 6.45) is 4.40. The van der Waals surface area contributed by atoms with Crippen LogP contribution < -0.4 is 16.4 Å².